The fourth-order valence-electron chi connectivity index (χ4n) is 2.75. The average Bonchev–Trinajstić information content (AvgIpc) is 3.07. The molecule has 7 nitrogen and oxygen atoms in total. The van der Waals surface area contributed by atoms with Crippen molar-refractivity contribution in [1.82, 2.24) is 20.3 Å². The number of hydrogen-bond donors (Lipinski definition) is 2. The second-order valence-electron chi connectivity index (χ2n) is 6.61. The van der Waals surface area contributed by atoms with Gasteiger partial charge in [-0.05, 0) is 43.7 Å². The summed E-state index contributed by atoms with van der Waals surface area (Å²) in [6, 6.07) is 12.3. The average molecular weight is 420 g/mol. The van der Waals surface area contributed by atoms with Gasteiger partial charge in [-0.15, -0.1) is 18.3 Å². The Kier molecular flexibility index (Phi) is 6.06. The molecule has 10 heteroatoms. The Morgan fingerprint density at radius 2 is 1.77 bits per heavy atom. The number of carbonyl (C=O) groups is 1. The molecule has 1 aromatic heterocycles. The normalized spacial score (nSPS) is 12.5. The van der Waals surface area contributed by atoms with Gasteiger partial charge in [-0.1, -0.05) is 35.0 Å². The molecule has 0 bridgehead atoms. The van der Waals surface area contributed by atoms with Crippen LogP contribution in [0.25, 0.3) is 5.69 Å². The summed E-state index contributed by atoms with van der Waals surface area (Å²) in [6.07, 6.45) is -5.91. The van der Waals surface area contributed by atoms with Crippen molar-refractivity contribution in [1.29, 1.82) is 0 Å². The second-order valence-corrected chi connectivity index (χ2v) is 6.61. The molecule has 2 N–H and O–H groups in total. The molecule has 0 aliphatic heterocycles. The largest absolute Gasteiger partial charge is 0.573 e. The van der Waals surface area contributed by atoms with Crippen molar-refractivity contribution in [3.63, 3.8) is 0 Å². The van der Waals surface area contributed by atoms with Gasteiger partial charge in [0, 0.05) is 6.54 Å². The smallest absolute Gasteiger partial charge is 0.406 e. The fraction of sp³-hybridized carbons (Fsp3) is 0.250. The van der Waals surface area contributed by atoms with Gasteiger partial charge >= 0.3 is 6.36 Å². The lowest BCUT2D eigenvalue weighted by Gasteiger charge is -2.13. The van der Waals surface area contributed by atoms with Crippen LogP contribution in [0.5, 0.6) is 5.75 Å². The van der Waals surface area contributed by atoms with E-state index in [1.807, 2.05) is 31.2 Å². The Labute approximate surface area is 170 Å². The van der Waals surface area contributed by atoms with Crippen LogP contribution in [0.3, 0.4) is 0 Å². The maximum absolute atomic E-state index is 12.4. The van der Waals surface area contributed by atoms with Gasteiger partial charge in [0.25, 0.3) is 5.91 Å². The molecule has 2 aromatic carbocycles. The number of rotatable bonds is 6. The first-order valence-corrected chi connectivity index (χ1v) is 8.95. The molecule has 0 radical (unpaired) electrons. The second kappa shape index (κ2) is 8.54. The third-order valence-electron chi connectivity index (χ3n) is 4.34. The van der Waals surface area contributed by atoms with Crippen LogP contribution >= 0.6 is 0 Å². The lowest BCUT2D eigenvalue weighted by atomic mass is 10.1. The third kappa shape index (κ3) is 5.15. The number of aliphatic hydroxyl groups is 1. The van der Waals surface area contributed by atoms with E-state index >= 15 is 0 Å². The van der Waals surface area contributed by atoms with Gasteiger partial charge in [-0.2, -0.15) is 0 Å². The number of amides is 1. The van der Waals surface area contributed by atoms with Crippen molar-refractivity contribution in [3.05, 3.63) is 71.0 Å². The van der Waals surface area contributed by atoms with Crippen LogP contribution < -0.4 is 10.1 Å². The minimum absolute atomic E-state index is 0.108. The number of benzene rings is 2. The van der Waals surface area contributed by atoms with E-state index in [2.05, 4.69) is 20.4 Å². The van der Waals surface area contributed by atoms with E-state index in [-0.39, 0.29) is 12.2 Å². The highest BCUT2D eigenvalue weighted by molar-refractivity contribution is 5.93. The summed E-state index contributed by atoms with van der Waals surface area (Å²) < 4.78 is 41.9. The molecule has 0 saturated heterocycles. The van der Waals surface area contributed by atoms with Crippen LogP contribution in [-0.2, 0) is 0 Å². The summed E-state index contributed by atoms with van der Waals surface area (Å²) in [6.45, 7) is 3.50. The van der Waals surface area contributed by atoms with Crippen molar-refractivity contribution in [3.8, 4) is 11.4 Å². The zero-order valence-electron chi connectivity index (χ0n) is 16.1. The van der Waals surface area contributed by atoms with Crippen LogP contribution in [0.15, 0.2) is 48.5 Å². The van der Waals surface area contributed by atoms with Crippen LogP contribution in [0, 0.1) is 13.8 Å². The number of aryl methyl sites for hydroxylation is 1. The molecule has 3 rings (SSSR count). The molecule has 3 aromatic rings. The number of alkyl halides is 3. The monoisotopic (exact) mass is 420 g/mol. The standard InChI is InChI=1S/C20H19F3N4O3/c1-12-3-7-15(8-4-12)27-13(2)18(25-26-27)19(29)24-11-17(28)14-5-9-16(10-6-14)30-20(21,22)23/h3-10,17,28H,11H2,1-2H3,(H,24,29). The summed E-state index contributed by atoms with van der Waals surface area (Å²) in [5.74, 6) is -0.923. The van der Waals surface area contributed by atoms with Crippen molar-refractivity contribution in [2.24, 2.45) is 0 Å². The van der Waals surface area contributed by atoms with E-state index in [9.17, 15) is 23.1 Å². The molecule has 30 heavy (non-hydrogen) atoms. The number of ether oxygens (including phenoxy) is 1. The Balaban J connectivity index is 1.62. The number of halogens is 3. The molecule has 1 unspecified atom stereocenters. The Hall–Kier alpha value is -3.40. The quantitative estimate of drug-likeness (QED) is 0.639. The summed E-state index contributed by atoms with van der Waals surface area (Å²) in [5.41, 5.74) is 2.80. The highest BCUT2D eigenvalue weighted by atomic mass is 19.4. The predicted octanol–water partition coefficient (Wildman–Crippen LogP) is 3.25. The SMILES string of the molecule is Cc1ccc(-n2nnc(C(=O)NCC(O)c3ccc(OC(F)(F)F)cc3)c2C)cc1. The lowest BCUT2D eigenvalue weighted by Crippen LogP contribution is -2.29. The number of hydrogen-bond acceptors (Lipinski definition) is 5. The first-order chi connectivity index (χ1) is 14.1. The van der Waals surface area contributed by atoms with Gasteiger partial charge < -0.3 is 15.2 Å². The lowest BCUT2D eigenvalue weighted by molar-refractivity contribution is -0.274. The molecule has 0 fully saturated rings. The number of aliphatic hydroxyl groups excluding tert-OH is 1. The number of nitrogens with zero attached hydrogens (tertiary/aromatic N) is 3. The van der Waals surface area contributed by atoms with Gasteiger partial charge in [-0.25, -0.2) is 4.68 Å². The Bertz CT molecular complexity index is 1020. The van der Waals surface area contributed by atoms with Gasteiger partial charge in [0.1, 0.15) is 5.75 Å². The number of carbonyl (C=O) groups excluding carboxylic acids is 1. The van der Waals surface area contributed by atoms with E-state index in [0.29, 0.717) is 11.3 Å². The Morgan fingerprint density at radius 3 is 2.37 bits per heavy atom. The highest BCUT2D eigenvalue weighted by Crippen LogP contribution is 2.24. The molecular weight excluding hydrogens is 401 g/mol. The fourth-order valence-corrected chi connectivity index (χ4v) is 2.75. The number of nitrogens with one attached hydrogen (secondary N) is 1. The van der Waals surface area contributed by atoms with Crippen molar-refractivity contribution < 1.29 is 27.8 Å². The maximum Gasteiger partial charge on any atom is 0.573 e. The van der Waals surface area contributed by atoms with Gasteiger partial charge in [0.2, 0.25) is 0 Å². The Morgan fingerprint density at radius 1 is 1.13 bits per heavy atom. The van der Waals surface area contributed by atoms with Crippen LogP contribution in [0.4, 0.5) is 13.2 Å². The van der Waals surface area contributed by atoms with Gasteiger partial charge in [-0.3, -0.25) is 4.79 Å². The predicted molar refractivity (Wildman–Crippen MR) is 101 cm³/mol. The zero-order valence-corrected chi connectivity index (χ0v) is 16.1. The van der Waals surface area contributed by atoms with E-state index < -0.39 is 24.1 Å². The minimum Gasteiger partial charge on any atom is -0.406 e. The molecule has 1 atom stereocenters. The molecule has 0 aliphatic carbocycles. The van der Waals surface area contributed by atoms with Crippen LogP contribution in [0.1, 0.15) is 33.4 Å². The van der Waals surface area contributed by atoms with Crippen LogP contribution in [0.2, 0.25) is 0 Å². The molecule has 158 valence electrons. The first-order valence-electron chi connectivity index (χ1n) is 8.95. The minimum atomic E-state index is -4.79. The van der Waals surface area contributed by atoms with E-state index in [1.165, 1.54) is 16.8 Å². The van der Waals surface area contributed by atoms with Crippen molar-refractivity contribution in [2.45, 2.75) is 26.3 Å². The number of aromatic nitrogens is 3. The summed E-state index contributed by atoms with van der Waals surface area (Å²) in [5, 5.41) is 20.7. The maximum atomic E-state index is 12.4. The first kappa shape index (κ1) is 21.3. The topological polar surface area (TPSA) is 89.3 Å². The molecule has 0 aliphatic rings. The van der Waals surface area contributed by atoms with Crippen molar-refractivity contribution >= 4 is 5.91 Å². The molecule has 0 spiro atoms. The summed E-state index contributed by atoms with van der Waals surface area (Å²) in [4.78, 5) is 12.4. The van der Waals surface area contributed by atoms with E-state index in [4.69, 9.17) is 0 Å². The van der Waals surface area contributed by atoms with Gasteiger partial charge in [0.05, 0.1) is 17.5 Å². The molecular formula is C20H19F3N4O3. The summed E-state index contributed by atoms with van der Waals surface area (Å²) >= 11 is 0. The zero-order chi connectivity index (χ0) is 21.9. The molecule has 1 heterocycles. The highest BCUT2D eigenvalue weighted by Gasteiger charge is 2.31. The molecule has 0 saturated carbocycles. The summed E-state index contributed by atoms with van der Waals surface area (Å²) in [7, 11) is 0. The van der Waals surface area contributed by atoms with Crippen molar-refractivity contribution in [2.75, 3.05) is 6.54 Å². The van der Waals surface area contributed by atoms with Crippen LogP contribution in [-0.4, -0.2) is 38.9 Å². The molecule has 1 amide bonds. The van der Waals surface area contributed by atoms with Gasteiger partial charge in [0.15, 0.2) is 5.69 Å². The third-order valence-corrected chi connectivity index (χ3v) is 4.34. The van der Waals surface area contributed by atoms with E-state index in [0.717, 1.165) is 23.4 Å². The van der Waals surface area contributed by atoms with E-state index in [1.54, 1.807) is 6.92 Å².